The highest BCUT2D eigenvalue weighted by atomic mass is 35.5. The number of hydrogen-bond donors (Lipinski definition) is 1. The first-order valence-corrected chi connectivity index (χ1v) is 6.26. The molecule has 0 atom stereocenters. The largest absolute Gasteiger partial charge is 0.493 e. The second-order valence-corrected chi connectivity index (χ2v) is 4.38. The average molecular weight is 302 g/mol. The number of carboxylic acids is 1. The fourth-order valence-electron chi connectivity index (χ4n) is 1.62. The molecule has 0 aromatic heterocycles. The number of carbonyl (C=O) groups excluding carboxylic acids is 1. The maximum absolute atomic E-state index is 12.1. The van der Waals surface area contributed by atoms with Gasteiger partial charge in [-0.1, -0.05) is 11.6 Å². The van der Waals surface area contributed by atoms with Crippen LogP contribution in [0.4, 0.5) is 0 Å². The number of nitrogens with zero attached hydrogens (tertiary/aromatic N) is 1. The number of carbonyl (C=O) groups is 2. The molecule has 0 unspecified atom stereocenters. The molecule has 0 fully saturated rings. The van der Waals surface area contributed by atoms with Gasteiger partial charge in [0.2, 0.25) is 0 Å². The molecule has 20 heavy (non-hydrogen) atoms. The van der Waals surface area contributed by atoms with Gasteiger partial charge in [-0.25, -0.2) is 0 Å². The quantitative estimate of drug-likeness (QED) is 0.868. The first-order chi connectivity index (χ1) is 9.40. The number of benzene rings is 1. The van der Waals surface area contributed by atoms with Crippen LogP contribution in [0.25, 0.3) is 0 Å². The third-order valence-electron chi connectivity index (χ3n) is 2.48. The zero-order chi connectivity index (χ0) is 15.3. The summed E-state index contributed by atoms with van der Waals surface area (Å²) in [6.45, 7) is 1.81. The van der Waals surface area contributed by atoms with Gasteiger partial charge in [-0.05, 0) is 19.1 Å². The number of amides is 1. The number of aliphatic carboxylic acids is 1. The summed E-state index contributed by atoms with van der Waals surface area (Å²) in [5.41, 5.74) is 0.235. The Kier molecular flexibility index (Phi) is 5.64. The Balaban J connectivity index is 3.11. The summed E-state index contributed by atoms with van der Waals surface area (Å²) in [5, 5.41) is 8.92. The van der Waals surface area contributed by atoms with Crippen molar-refractivity contribution in [1.29, 1.82) is 0 Å². The SMILES string of the molecule is CCOc1c(Cl)cc(C(=O)N(C)CC(=O)O)cc1OC. The van der Waals surface area contributed by atoms with Gasteiger partial charge < -0.3 is 19.5 Å². The molecule has 1 N–H and O–H groups in total. The van der Waals surface area contributed by atoms with Crippen molar-refractivity contribution in [2.24, 2.45) is 0 Å². The van der Waals surface area contributed by atoms with E-state index in [1.807, 2.05) is 0 Å². The molecule has 0 aliphatic rings. The number of halogens is 1. The number of hydrogen-bond acceptors (Lipinski definition) is 4. The molecular weight excluding hydrogens is 286 g/mol. The van der Waals surface area contributed by atoms with E-state index in [1.54, 1.807) is 6.92 Å². The Morgan fingerprint density at radius 1 is 1.40 bits per heavy atom. The van der Waals surface area contributed by atoms with E-state index in [0.29, 0.717) is 18.1 Å². The molecule has 0 aliphatic carbocycles. The smallest absolute Gasteiger partial charge is 0.323 e. The van der Waals surface area contributed by atoms with Crippen LogP contribution in [0.3, 0.4) is 0 Å². The summed E-state index contributed by atoms with van der Waals surface area (Å²) in [7, 11) is 2.83. The highest BCUT2D eigenvalue weighted by molar-refractivity contribution is 6.32. The minimum atomic E-state index is -1.09. The third kappa shape index (κ3) is 3.77. The van der Waals surface area contributed by atoms with Gasteiger partial charge in [0.1, 0.15) is 6.54 Å². The van der Waals surface area contributed by atoms with Gasteiger partial charge in [-0.2, -0.15) is 0 Å². The number of carboxylic acid groups (broad SMARTS) is 1. The number of rotatable bonds is 6. The van der Waals surface area contributed by atoms with E-state index >= 15 is 0 Å². The maximum atomic E-state index is 12.1. The molecule has 0 heterocycles. The normalized spacial score (nSPS) is 10.0. The molecule has 0 bridgehead atoms. The fraction of sp³-hybridized carbons (Fsp3) is 0.385. The van der Waals surface area contributed by atoms with E-state index in [2.05, 4.69) is 0 Å². The van der Waals surface area contributed by atoms with Gasteiger partial charge in [0.05, 0.1) is 18.7 Å². The Morgan fingerprint density at radius 3 is 2.55 bits per heavy atom. The fourth-order valence-corrected chi connectivity index (χ4v) is 1.89. The van der Waals surface area contributed by atoms with Crippen LogP contribution in [-0.4, -0.2) is 49.2 Å². The summed E-state index contributed by atoms with van der Waals surface area (Å²) in [6, 6.07) is 2.90. The van der Waals surface area contributed by atoms with Crippen molar-refractivity contribution in [3.05, 3.63) is 22.7 Å². The summed E-state index contributed by atoms with van der Waals surface area (Å²) in [4.78, 5) is 23.8. The molecule has 110 valence electrons. The lowest BCUT2D eigenvalue weighted by molar-refractivity contribution is -0.137. The topological polar surface area (TPSA) is 76.1 Å². The summed E-state index contributed by atoms with van der Waals surface area (Å²) in [6.07, 6.45) is 0. The molecule has 7 heteroatoms. The molecule has 0 saturated carbocycles. The third-order valence-corrected chi connectivity index (χ3v) is 2.76. The van der Waals surface area contributed by atoms with Crippen LogP contribution in [0, 0.1) is 0 Å². The summed E-state index contributed by atoms with van der Waals surface area (Å²) in [5.74, 6) is -0.874. The predicted molar refractivity (Wildman–Crippen MR) is 73.8 cm³/mol. The molecular formula is C13H16ClNO5. The van der Waals surface area contributed by atoms with Crippen LogP contribution in [0.2, 0.25) is 5.02 Å². The first kappa shape index (κ1) is 16.1. The molecule has 1 aromatic carbocycles. The monoisotopic (exact) mass is 301 g/mol. The zero-order valence-electron chi connectivity index (χ0n) is 11.5. The van der Waals surface area contributed by atoms with Crippen LogP contribution < -0.4 is 9.47 Å². The Hall–Kier alpha value is -1.95. The van der Waals surface area contributed by atoms with Crippen LogP contribution in [0.1, 0.15) is 17.3 Å². The molecule has 0 radical (unpaired) electrons. The van der Waals surface area contributed by atoms with Gasteiger partial charge in [0, 0.05) is 12.6 Å². The van der Waals surface area contributed by atoms with E-state index in [9.17, 15) is 9.59 Å². The Morgan fingerprint density at radius 2 is 2.05 bits per heavy atom. The second kappa shape index (κ2) is 7.00. The van der Waals surface area contributed by atoms with Crippen molar-refractivity contribution in [1.82, 2.24) is 4.90 Å². The zero-order valence-corrected chi connectivity index (χ0v) is 12.2. The van der Waals surface area contributed by atoms with Gasteiger partial charge in [0.15, 0.2) is 11.5 Å². The van der Waals surface area contributed by atoms with E-state index in [1.165, 1.54) is 26.3 Å². The van der Waals surface area contributed by atoms with Crippen molar-refractivity contribution in [2.75, 3.05) is 27.3 Å². The molecule has 1 aromatic rings. The van der Waals surface area contributed by atoms with Gasteiger partial charge in [-0.3, -0.25) is 9.59 Å². The minimum absolute atomic E-state index is 0.235. The molecule has 0 spiro atoms. The van der Waals surface area contributed by atoms with Crippen molar-refractivity contribution >= 4 is 23.5 Å². The molecule has 0 saturated heterocycles. The predicted octanol–water partition coefficient (Wildman–Crippen LogP) is 1.90. The van der Waals surface area contributed by atoms with E-state index < -0.39 is 18.4 Å². The minimum Gasteiger partial charge on any atom is -0.493 e. The molecule has 6 nitrogen and oxygen atoms in total. The first-order valence-electron chi connectivity index (χ1n) is 5.88. The van der Waals surface area contributed by atoms with Crippen molar-refractivity contribution in [3.63, 3.8) is 0 Å². The lowest BCUT2D eigenvalue weighted by Crippen LogP contribution is -2.31. The van der Waals surface area contributed by atoms with Crippen LogP contribution in [0.15, 0.2) is 12.1 Å². The average Bonchev–Trinajstić information content (AvgIpc) is 2.39. The maximum Gasteiger partial charge on any atom is 0.323 e. The van der Waals surface area contributed by atoms with E-state index in [-0.39, 0.29) is 10.6 Å². The Bertz CT molecular complexity index is 518. The molecule has 0 aliphatic heterocycles. The number of likely N-dealkylation sites (N-methyl/N-ethyl adjacent to an activating group) is 1. The summed E-state index contributed by atoms with van der Waals surface area (Å²) >= 11 is 6.05. The van der Waals surface area contributed by atoms with E-state index in [0.717, 1.165) is 4.90 Å². The van der Waals surface area contributed by atoms with Crippen molar-refractivity contribution in [2.45, 2.75) is 6.92 Å². The standard InChI is InChI=1S/C13H16ClNO5/c1-4-20-12-9(14)5-8(6-10(12)19-3)13(18)15(2)7-11(16)17/h5-6H,4,7H2,1-3H3,(H,16,17). The van der Waals surface area contributed by atoms with Crippen molar-refractivity contribution < 1.29 is 24.2 Å². The van der Waals surface area contributed by atoms with E-state index in [4.69, 9.17) is 26.2 Å². The lowest BCUT2D eigenvalue weighted by Gasteiger charge is -2.17. The number of methoxy groups -OCH3 is 1. The number of ether oxygens (including phenoxy) is 2. The van der Waals surface area contributed by atoms with Crippen LogP contribution in [-0.2, 0) is 4.79 Å². The van der Waals surface area contributed by atoms with Gasteiger partial charge in [-0.15, -0.1) is 0 Å². The van der Waals surface area contributed by atoms with Crippen LogP contribution in [0.5, 0.6) is 11.5 Å². The Labute approximate surface area is 121 Å². The van der Waals surface area contributed by atoms with Crippen LogP contribution >= 0.6 is 11.6 Å². The van der Waals surface area contributed by atoms with Crippen molar-refractivity contribution in [3.8, 4) is 11.5 Å². The highest BCUT2D eigenvalue weighted by Gasteiger charge is 2.19. The van der Waals surface area contributed by atoms with Gasteiger partial charge in [0.25, 0.3) is 5.91 Å². The molecule has 1 amide bonds. The highest BCUT2D eigenvalue weighted by Crippen LogP contribution is 2.36. The summed E-state index contributed by atoms with van der Waals surface area (Å²) < 4.78 is 10.5. The second-order valence-electron chi connectivity index (χ2n) is 3.98. The van der Waals surface area contributed by atoms with Gasteiger partial charge >= 0.3 is 5.97 Å². The lowest BCUT2D eigenvalue weighted by atomic mass is 10.1. The molecule has 1 rings (SSSR count).